The summed E-state index contributed by atoms with van der Waals surface area (Å²) in [6.45, 7) is 4.64. The molecule has 0 spiro atoms. The van der Waals surface area contributed by atoms with Gasteiger partial charge < -0.3 is 20.1 Å². The maximum absolute atomic E-state index is 13.5. The van der Waals surface area contributed by atoms with E-state index in [1.807, 2.05) is 44.4 Å². The zero-order valence-corrected chi connectivity index (χ0v) is 18.6. The molecule has 2 aromatic heterocycles. The fourth-order valence-corrected chi connectivity index (χ4v) is 4.20. The van der Waals surface area contributed by atoms with Crippen molar-refractivity contribution >= 4 is 28.2 Å². The summed E-state index contributed by atoms with van der Waals surface area (Å²) >= 11 is 0. The maximum atomic E-state index is 13.5. The van der Waals surface area contributed by atoms with Gasteiger partial charge in [0.2, 0.25) is 5.88 Å². The van der Waals surface area contributed by atoms with Crippen LogP contribution in [-0.4, -0.2) is 52.1 Å². The van der Waals surface area contributed by atoms with E-state index in [1.54, 1.807) is 29.1 Å². The van der Waals surface area contributed by atoms with E-state index in [-0.39, 0.29) is 11.8 Å². The van der Waals surface area contributed by atoms with E-state index in [0.29, 0.717) is 30.0 Å². The highest BCUT2D eigenvalue weighted by Crippen LogP contribution is 2.30. The Hall–Kier alpha value is -3.91. The lowest BCUT2D eigenvalue weighted by Crippen LogP contribution is -2.37. The summed E-state index contributed by atoms with van der Waals surface area (Å²) in [5.41, 5.74) is 5.60. The monoisotopic (exact) mass is 443 g/mol. The summed E-state index contributed by atoms with van der Waals surface area (Å²) in [7, 11) is 1.87. The lowest BCUT2D eigenvalue weighted by molar-refractivity contribution is 0.102. The average molecular weight is 444 g/mol. The number of amides is 1. The minimum Gasteiger partial charge on any atom is -0.493 e. The van der Waals surface area contributed by atoms with Crippen molar-refractivity contribution in [1.82, 2.24) is 14.8 Å². The van der Waals surface area contributed by atoms with Crippen LogP contribution in [0.5, 0.6) is 5.88 Å². The lowest BCUT2D eigenvalue weighted by atomic mass is 10.0. The van der Waals surface area contributed by atoms with E-state index in [0.717, 1.165) is 40.9 Å². The van der Waals surface area contributed by atoms with Gasteiger partial charge in [-0.15, -0.1) is 0 Å². The van der Waals surface area contributed by atoms with Crippen molar-refractivity contribution in [3.8, 4) is 17.0 Å². The molecule has 2 N–H and O–H groups in total. The van der Waals surface area contributed by atoms with Crippen molar-refractivity contribution in [3.63, 3.8) is 0 Å². The van der Waals surface area contributed by atoms with Crippen LogP contribution in [0.25, 0.3) is 22.0 Å². The number of aryl methyl sites for hydroxylation is 2. The third-order valence-corrected chi connectivity index (χ3v) is 5.89. The number of nitrogens with zero attached hydrogens (tertiary/aromatic N) is 4. The smallest absolute Gasteiger partial charge is 0.257 e. The molecular weight excluding hydrogens is 418 g/mol. The molecule has 168 valence electrons. The van der Waals surface area contributed by atoms with Crippen molar-refractivity contribution < 1.29 is 14.6 Å². The molecule has 0 saturated carbocycles. The van der Waals surface area contributed by atoms with E-state index in [9.17, 15) is 9.90 Å². The molecule has 0 bridgehead atoms. The topological polar surface area (TPSA) is 92.5 Å². The summed E-state index contributed by atoms with van der Waals surface area (Å²) < 4.78 is 7.24. The minimum absolute atomic E-state index is 0.0147. The molecule has 8 nitrogen and oxygen atoms in total. The molecular formula is C25H25N5O3. The van der Waals surface area contributed by atoms with E-state index in [2.05, 4.69) is 20.3 Å². The van der Waals surface area contributed by atoms with Crippen molar-refractivity contribution in [2.45, 2.75) is 6.92 Å². The third-order valence-electron chi connectivity index (χ3n) is 5.89. The molecule has 0 atom stereocenters. The van der Waals surface area contributed by atoms with Crippen LogP contribution in [0, 0.1) is 6.92 Å². The van der Waals surface area contributed by atoms with E-state index in [1.165, 1.54) is 0 Å². The summed E-state index contributed by atoms with van der Waals surface area (Å²) in [4.78, 5) is 19.8. The van der Waals surface area contributed by atoms with Crippen molar-refractivity contribution in [3.05, 3.63) is 66.0 Å². The molecule has 5 rings (SSSR count). The predicted octanol–water partition coefficient (Wildman–Crippen LogP) is 3.74. The number of pyridine rings is 1. The fourth-order valence-electron chi connectivity index (χ4n) is 4.20. The van der Waals surface area contributed by atoms with E-state index < -0.39 is 0 Å². The van der Waals surface area contributed by atoms with Crippen LogP contribution in [0.15, 0.2) is 54.9 Å². The van der Waals surface area contributed by atoms with Gasteiger partial charge in [0.15, 0.2) is 0 Å². The van der Waals surface area contributed by atoms with Gasteiger partial charge in [0.25, 0.3) is 5.91 Å². The molecule has 1 fully saturated rings. The Bertz CT molecular complexity index is 1340. The summed E-state index contributed by atoms with van der Waals surface area (Å²) in [6.07, 6.45) is 3.72. The average Bonchev–Trinajstić information content (AvgIpc) is 3.26. The van der Waals surface area contributed by atoms with Gasteiger partial charge in [0.05, 0.1) is 30.5 Å². The molecule has 8 heteroatoms. The van der Waals surface area contributed by atoms with E-state index in [4.69, 9.17) is 4.74 Å². The largest absolute Gasteiger partial charge is 0.493 e. The molecule has 0 unspecified atom stereocenters. The second kappa shape index (κ2) is 8.55. The number of hydrogen-bond donors (Lipinski definition) is 2. The number of anilines is 2. The Balaban J connectivity index is 1.51. The number of hydrogen-bond acceptors (Lipinski definition) is 6. The zero-order valence-electron chi connectivity index (χ0n) is 18.6. The fraction of sp³-hybridized carbons (Fsp3) is 0.240. The van der Waals surface area contributed by atoms with Gasteiger partial charge in [0, 0.05) is 54.7 Å². The Morgan fingerprint density at radius 1 is 1.09 bits per heavy atom. The highest BCUT2D eigenvalue weighted by Gasteiger charge is 2.20. The van der Waals surface area contributed by atoms with E-state index >= 15 is 0 Å². The van der Waals surface area contributed by atoms with Gasteiger partial charge in [-0.3, -0.25) is 9.48 Å². The number of fused-ring (bicyclic) bond motifs is 1. The van der Waals surface area contributed by atoms with Gasteiger partial charge in [-0.25, -0.2) is 4.98 Å². The van der Waals surface area contributed by atoms with Gasteiger partial charge in [-0.2, -0.15) is 5.10 Å². The van der Waals surface area contributed by atoms with Crippen molar-refractivity contribution in [2.75, 3.05) is 36.5 Å². The molecule has 4 aromatic rings. The second-order valence-corrected chi connectivity index (χ2v) is 8.22. The SMILES string of the molecule is Cc1cc(O)nc2ccc(NC(=O)c3cc(-c4cnn(C)c4)ccc3N3CCOCC3)cc12. The Morgan fingerprint density at radius 2 is 1.91 bits per heavy atom. The Kier molecular flexibility index (Phi) is 5.43. The normalized spacial score (nSPS) is 13.9. The molecule has 2 aromatic carbocycles. The van der Waals surface area contributed by atoms with Crippen LogP contribution in [0.1, 0.15) is 15.9 Å². The minimum atomic E-state index is -0.189. The van der Waals surface area contributed by atoms with Crippen molar-refractivity contribution in [2.24, 2.45) is 7.05 Å². The van der Waals surface area contributed by atoms with Gasteiger partial charge in [0.1, 0.15) is 0 Å². The number of carbonyl (C=O) groups is 1. The number of carbonyl (C=O) groups excluding carboxylic acids is 1. The number of benzene rings is 2. The quantitative estimate of drug-likeness (QED) is 0.499. The molecule has 1 aliphatic heterocycles. The number of aromatic hydroxyl groups is 1. The Labute approximate surface area is 191 Å². The van der Waals surface area contributed by atoms with Gasteiger partial charge >= 0.3 is 0 Å². The predicted molar refractivity (Wildman–Crippen MR) is 128 cm³/mol. The lowest BCUT2D eigenvalue weighted by Gasteiger charge is -2.30. The Morgan fingerprint density at radius 3 is 2.67 bits per heavy atom. The molecule has 3 heterocycles. The highest BCUT2D eigenvalue weighted by atomic mass is 16.5. The first-order valence-electron chi connectivity index (χ1n) is 10.9. The maximum Gasteiger partial charge on any atom is 0.257 e. The van der Waals surface area contributed by atoms with Crippen LogP contribution in [0.2, 0.25) is 0 Å². The van der Waals surface area contributed by atoms with Crippen LogP contribution in [0.4, 0.5) is 11.4 Å². The van der Waals surface area contributed by atoms with Crippen LogP contribution >= 0.6 is 0 Å². The molecule has 0 radical (unpaired) electrons. The number of rotatable bonds is 4. The molecule has 33 heavy (non-hydrogen) atoms. The summed E-state index contributed by atoms with van der Waals surface area (Å²) in [5.74, 6) is -0.204. The van der Waals surface area contributed by atoms with Crippen LogP contribution in [-0.2, 0) is 11.8 Å². The standard InChI is InChI=1S/C25H25N5O3/c1-16-11-24(31)28-22-5-4-19(13-20(16)22)27-25(32)21-12-17(18-14-26-29(2)15-18)3-6-23(21)30-7-9-33-10-8-30/h3-6,11-15H,7-10H2,1-2H3,(H,27,32)(H,28,31). The first-order chi connectivity index (χ1) is 16.0. The number of nitrogens with one attached hydrogen (secondary N) is 1. The molecule has 0 aliphatic carbocycles. The molecule has 1 amide bonds. The highest BCUT2D eigenvalue weighted by molar-refractivity contribution is 6.09. The first kappa shape index (κ1) is 21.0. The van der Waals surface area contributed by atoms with Crippen LogP contribution < -0.4 is 10.2 Å². The molecule has 1 saturated heterocycles. The van der Waals surface area contributed by atoms with Crippen molar-refractivity contribution in [1.29, 1.82) is 0 Å². The number of ether oxygens (including phenoxy) is 1. The van der Waals surface area contributed by atoms with Gasteiger partial charge in [-0.1, -0.05) is 6.07 Å². The number of morpholine rings is 1. The third kappa shape index (κ3) is 4.25. The first-order valence-corrected chi connectivity index (χ1v) is 10.9. The second-order valence-electron chi connectivity index (χ2n) is 8.22. The van der Waals surface area contributed by atoms with Crippen LogP contribution in [0.3, 0.4) is 0 Å². The zero-order chi connectivity index (χ0) is 22.9. The summed E-state index contributed by atoms with van der Waals surface area (Å²) in [6, 6.07) is 13.0. The van der Waals surface area contributed by atoms with Gasteiger partial charge in [-0.05, 0) is 48.4 Å². The molecule has 1 aliphatic rings. The number of aromatic nitrogens is 3. The summed E-state index contributed by atoms with van der Waals surface area (Å²) in [5, 5.41) is 17.9.